The van der Waals surface area contributed by atoms with Crippen LogP contribution in [-0.2, 0) is 75.2 Å². The number of carbonyl (C=O) groups excluding carboxylic acids is 6. The fourth-order valence-electron chi connectivity index (χ4n) is 11.7. The summed E-state index contributed by atoms with van der Waals surface area (Å²) < 4.78 is 18.6. The molecule has 94 heavy (non-hydrogen) atoms. The van der Waals surface area contributed by atoms with Crippen LogP contribution < -0.4 is 36.2 Å². The zero-order valence-corrected chi connectivity index (χ0v) is 54.9. The maximum absolute atomic E-state index is 14.3. The molecule has 7 rings (SSSR count). The average Bonchev–Trinajstić information content (AvgIpc) is 1.46. The molecule has 1 unspecified atom stereocenters. The SMILES string of the molecule is CN[C@H](C(=O)N[C@H](C(=O)N(C)[C@H](/C=C(\C)C(=O)O)C(C)C)C(C)(C)C)C(C)(C)c1cccc(NC(=O)OCc2ccc(O[C@@H]3O[C@H](C(=O)O)[C@@H](O)[C@H](O)[C@H]3O)c(CNC(=O)CCNC(=O)CCCC(C=O)CN3Cc4ccccc4-c4nnn(C)c4-c4ccccc43)c2)c1. The Kier molecular flexibility index (Phi) is 24.4. The van der Waals surface area contributed by atoms with Gasteiger partial charge in [0.2, 0.25) is 29.9 Å². The summed E-state index contributed by atoms with van der Waals surface area (Å²) in [6.45, 7) is 14.6. The summed E-state index contributed by atoms with van der Waals surface area (Å²) in [4.78, 5) is 108. The van der Waals surface area contributed by atoms with Gasteiger partial charge in [-0.3, -0.25) is 24.5 Å². The van der Waals surface area contributed by atoms with Gasteiger partial charge in [-0.1, -0.05) is 120 Å². The molecule has 4 aromatic carbocycles. The van der Waals surface area contributed by atoms with E-state index in [1.54, 1.807) is 43.0 Å². The molecule has 9 atom stereocenters. The molecule has 26 nitrogen and oxygen atoms in total. The van der Waals surface area contributed by atoms with Gasteiger partial charge in [-0.05, 0) is 85.2 Å². The lowest BCUT2D eigenvalue weighted by Crippen LogP contribution is -2.61. The molecule has 0 spiro atoms. The number of aliphatic carboxylic acids is 2. The molecule has 0 aliphatic carbocycles. The summed E-state index contributed by atoms with van der Waals surface area (Å²) in [6.07, 6.45) is -7.35. The van der Waals surface area contributed by atoms with Crippen LogP contribution in [0.15, 0.2) is 103 Å². The van der Waals surface area contributed by atoms with Crippen LogP contribution in [0, 0.1) is 17.3 Å². The molecule has 5 aromatic rings. The van der Waals surface area contributed by atoms with Crippen molar-refractivity contribution in [1.29, 1.82) is 0 Å². The van der Waals surface area contributed by atoms with Crippen molar-refractivity contribution in [3.05, 3.63) is 125 Å². The monoisotopic (exact) mass is 1300 g/mol. The number of aliphatic hydroxyl groups is 3. The second-order valence-electron chi connectivity index (χ2n) is 25.8. The number of fused-ring (bicyclic) bond motifs is 5. The lowest BCUT2D eigenvalue weighted by molar-refractivity contribution is -0.271. The Morgan fingerprint density at radius 2 is 1.53 bits per heavy atom. The number of nitrogens with one attached hydrogen (secondary N) is 5. The lowest BCUT2D eigenvalue weighted by atomic mass is 9.76. The lowest BCUT2D eigenvalue weighted by Gasteiger charge is -2.40. The number of hydrogen-bond acceptors (Lipinski definition) is 18. The van der Waals surface area contributed by atoms with Crippen molar-refractivity contribution in [3.63, 3.8) is 0 Å². The zero-order chi connectivity index (χ0) is 68.9. The largest absolute Gasteiger partial charge is 0.479 e. The van der Waals surface area contributed by atoms with E-state index in [2.05, 4.69) is 41.8 Å². The highest BCUT2D eigenvalue weighted by Gasteiger charge is 2.48. The summed E-state index contributed by atoms with van der Waals surface area (Å²) in [7, 11) is 5.04. The van der Waals surface area contributed by atoms with Gasteiger partial charge in [-0.25, -0.2) is 19.1 Å². The van der Waals surface area contributed by atoms with E-state index in [-0.39, 0.29) is 61.2 Å². The van der Waals surface area contributed by atoms with Crippen LogP contribution in [-0.4, -0.2) is 169 Å². The maximum Gasteiger partial charge on any atom is 0.411 e. The first-order chi connectivity index (χ1) is 44.4. The molecule has 0 radical (unpaired) electrons. The van der Waals surface area contributed by atoms with E-state index >= 15 is 0 Å². The van der Waals surface area contributed by atoms with E-state index in [0.29, 0.717) is 42.7 Å². The van der Waals surface area contributed by atoms with E-state index < -0.39 is 101 Å². The van der Waals surface area contributed by atoms with Gasteiger partial charge in [0.05, 0.1) is 17.8 Å². The molecule has 0 saturated carbocycles. The fourth-order valence-corrected chi connectivity index (χ4v) is 11.7. The number of anilines is 2. The number of aliphatic hydroxyl groups excluding tert-OH is 3. The number of nitrogens with zero attached hydrogens (tertiary/aromatic N) is 5. The molecule has 3 heterocycles. The Bertz CT molecular complexity index is 3580. The Balaban J connectivity index is 0.958. The number of carbonyl (C=O) groups is 8. The van der Waals surface area contributed by atoms with Crippen LogP contribution in [0.4, 0.5) is 16.2 Å². The Morgan fingerprint density at radius 1 is 0.840 bits per heavy atom. The summed E-state index contributed by atoms with van der Waals surface area (Å²) in [5, 5.41) is 74.0. The number of benzene rings is 4. The molecule has 0 bridgehead atoms. The number of hydrogen-bond donors (Lipinski definition) is 10. The molecule has 2 aliphatic rings. The summed E-state index contributed by atoms with van der Waals surface area (Å²) in [6, 6.07) is 24.5. The van der Waals surface area contributed by atoms with Gasteiger partial charge >= 0.3 is 18.0 Å². The third kappa shape index (κ3) is 17.8. The number of aromatic nitrogens is 3. The quantitative estimate of drug-likeness (QED) is 0.0227. The first kappa shape index (κ1) is 72.3. The number of para-hydroxylation sites is 1. The smallest absolute Gasteiger partial charge is 0.411 e. The van der Waals surface area contributed by atoms with Crippen molar-refractivity contribution in [1.82, 2.24) is 41.2 Å². The minimum Gasteiger partial charge on any atom is -0.479 e. The van der Waals surface area contributed by atoms with Gasteiger partial charge in [-0.15, -0.1) is 5.10 Å². The second kappa shape index (κ2) is 31.7. The number of carboxylic acid groups (broad SMARTS) is 2. The number of carboxylic acids is 2. The van der Waals surface area contributed by atoms with E-state index in [4.69, 9.17) is 14.2 Å². The van der Waals surface area contributed by atoms with Crippen molar-refractivity contribution in [2.24, 2.45) is 24.3 Å². The molecule has 2 aliphatic heterocycles. The van der Waals surface area contributed by atoms with Crippen LogP contribution >= 0.6 is 0 Å². The highest BCUT2D eigenvalue weighted by Crippen LogP contribution is 2.41. The number of aldehydes is 1. The third-order valence-electron chi connectivity index (χ3n) is 17.0. The van der Waals surface area contributed by atoms with Crippen molar-refractivity contribution in [2.75, 3.05) is 37.4 Å². The minimum atomic E-state index is -1.99. The first-order valence-electron chi connectivity index (χ1n) is 31.2. The fraction of sp³-hybridized carbons (Fsp3) is 0.471. The van der Waals surface area contributed by atoms with Crippen molar-refractivity contribution >= 4 is 59.3 Å². The summed E-state index contributed by atoms with van der Waals surface area (Å²) >= 11 is 0. The Morgan fingerprint density at radius 3 is 2.20 bits per heavy atom. The van der Waals surface area contributed by atoms with Crippen LogP contribution in [0.3, 0.4) is 0 Å². The molecular formula is C68H88N10O16. The van der Waals surface area contributed by atoms with Crippen LogP contribution in [0.5, 0.6) is 5.75 Å². The number of likely N-dealkylation sites (N-methyl/N-ethyl adjacent to an activating group) is 2. The molecular weight excluding hydrogens is 1210 g/mol. The van der Waals surface area contributed by atoms with Gasteiger partial charge in [0.15, 0.2) is 6.10 Å². The van der Waals surface area contributed by atoms with E-state index in [1.165, 1.54) is 36.1 Å². The zero-order valence-electron chi connectivity index (χ0n) is 54.9. The summed E-state index contributed by atoms with van der Waals surface area (Å²) in [5.41, 5.74) is 5.33. The van der Waals surface area contributed by atoms with Gasteiger partial charge in [0.1, 0.15) is 48.7 Å². The normalized spacial score (nSPS) is 18.5. The second-order valence-corrected chi connectivity index (χ2v) is 25.8. The standard InChI is InChI=1S/C68H88N10O16/c1-38(2)49(30-39(3)63(87)88)76(10)62(86)60(67(4,5)6)73-61(85)59(69-9)68(7,8)44-20-17-21-45(32-44)72-66(91)92-37-40-26-27-50(93-65-57(84)55(82)56(83)58(94-65)64(89)90)43(31-40)33-71-52(81)28-29-70-51(80)25-16-18-41(36-79)34-78-35-42-19-12-13-22-46(42)53-54(77(11)75-74-53)47-23-14-15-24-48(47)78/h12-15,17,19-24,26-27,30-32,36,38,41,49,55-60,65,69,82-84H,16,18,25,28-29,33-35,37H2,1-11H3,(H,70,80)(H,71,81)(H,72,91)(H,73,85)(H,87,88)(H,89,90)/b39-30+/t41?,49-,55+,56+,57-,58+,59-,60-,65-/m1/s1. The highest BCUT2D eigenvalue weighted by atomic mass is 16.7. The van der Waals surface area contributed by atoms with Crippen molar-refractivity contribution < 1.29 is 78.1 Å². The number of aryl methyl sites for hydroxylation is 1. The maximum atomic E-state index is 14.3. The summed E-state index contributed by atoms with van der Waals surface area (Å²) in [5.74, 6) is -5.08. The molecule has 1 aromatic heterocycles. The van der Waals surface area contributed by atoms with Gasteiger partial charge in [-0.2, -0.15) is 0 Å². The number of ether oxygens (including phenoxy) is 3. The first-order valence-corrected chi connectivity index (χ1v) is 31.2. The number of rotatable bonds is 28. The van der Waals surface area contributed by atoms with E-state index in [9.17, 15) is 63.9 Å². The predicted molar refractivity (Wildman–Crippen MR) is 347 cm³/mol. The van der Waals surface area contributed by atoms with Gasteiger partial charge in [0.25, 0.3) is 0 Å². The van der Waals surface area contributed by atoms with Gasteiger partial charge in [0, 0.05) is 98.1 Å². The minimum absolute atomic E-state index is 0.0390. The topological polar surface area (TPSA) is 363 Å². The third-order valence-corrected chi connectivity index (χ3v) is 17.0. The Labute approximate surface area is 546 Å². The molecule has 1 saturated heterocycles. The van der Waals surface area contributed by atoms with Gasteiger partial charge < -0.3 is 75.6 Å². The molecule has 1 fully saturated rings. The average molecular weight is 1300 g/mol. The van der Waals surface area contributed by atoms with Crippen LogP contribution in [0.25, 0.3) is 22.5 Å². The van der Waals surface area contributed by atoms with Crippen molar-refractivity contribution in [2.45, 2.75) is 155 Å². The van der Waals surface area contributed by atoms with Crippen LogP contribution in [0.1, 0.15) is 103 Å². The highest BCUT2D eigenvalue weighted by molar-refractivity contribution is 5.92. The van der Waals surface area contributed by atoms with E-state index in [0.717, 1.165) is 40.1 Å². The molecule has 10 N–H and O–H groups in total. The Hall–Kier alpha value is -9.08. The predicted octanol–water partition coefficient (Wildman–Crippen LogP) is 5.21. The number of amides is 5. The molecule has 5 amide bonds. The molecule has 26 heteroatoms. The van der Waals surface area contributed by atoms with Crippen molar-refractivity contribution in [3.8, 4) is 28.3 Å². The molecule has 506 valence electrons. The van der Waals surface area contributed by atoms with Crippen LogP contribution in [0.2, 0.25) is 0 Å². The van der Waals surface area contributed by atoms with E-state index in [1.807, 2.05) is 104 Å².